The summed E-state index contributed by atoms with van der Waals surface area (Å²) in [6.45, 7) is 0. The number of rotatable bonds is 14. The molecule has 5 heteroatoms. The van der Waals surface area contributed by atoms with E-state index in [1.807, 2.05) is 35.3 Å². The van der Waals surface area contributed by atoms with Gasteiger partial charge in [-0.3, -0.25) is 0 Å². The van der Waals surface area contributed by atoms with E-state index in [0.29, 0.717) is 16.7 Å². The fourth-order valence-corrected chi connectivity index (χ4v) is 20.0. The van der Waals surface area contributed by atoms with E-state index in [1.165, 1.54) is 138 Å². The van der Waals surface area contributed by atoms with E-state index in [-0.39, 0.29) is 5.41 Å². The van der Waals surface area contributed by atoms with Crippen LogP contribution in [0.2, 0.25) is 0 Å². The molecule has 0 saturated heterocycles. The monoisotopic (exact) mass is 1010 g/mol. The summed E-state index contributed by atoms with van der Waals surface area (Å²) in [5.74, 6) is 5.46. The summed E-state index contributed by atoms with van der Waals surface area (Å²) in [7, 11) is 0. The molecule has 11 unspecified atom stereocenters. The molecule has 6 aliphatic carbocycles. The van der Waals surface area contributed by atoms with Crippen LogP contribution < -0.4 is 0 Å². The lowest BCUT2D eigenvalue weighted by atomic mass is 9.47. The Morgan fingerprint density at radius 1 is 0.380 bits per heavy atom. The number of thiol groups is 1. The summed E-state index contributed by atoms with van der Waals surface area (Å²) in [5.41, 5.74) is 5.45. The zero-order valence-electron chi connectivity index (χ0n) is 41.7. The van der Waals surface area contributed by atoms with Crippen LogP contribution in [0, 0.1) is 57.7 Å². The summed E-state index contributed by atoms with van der Waals surface area (Å²) in [4.78, 5) is 7.02. The third kappa shape index (κ3) is 11.7. The second kappa shape index (κ2) is 20.8. The minimum absolute atomic E-state index is 0.0974. The van der Waals surface area contributed by atoms with Crippen molar-refractivity contribution in [3.05, 3.63) is 180 Å². The van der Waals surface area contributed by atoms with E-state index in [4.69, 9.17) is 12.6 Å². The van der Waals surface area contributed by atoms with Gasteiger partial charge < -0.3 is 5.11 Å². The minimum Gasteiger partial charge on any atom is -0.380 e. The molecule has 6 aliphatic rings. The molecule has 6 saturated carbocycles. The van der Waals surface area contributed by atoms with Crippen molar-refractivity contribution in [1.82, 2.24) is 0 Å². The Bertz CT molecular complexity index is 2690. The number of aliphatic hydroxyl groups is 1. The van der Waals surface area contributed by atoms with E-state index < -0.39 is 4.93 Å². The Hall–Kier alpha value is -3.32. The minimum atomic E-state index is -0.875. The molecule has 0 spiro atoms. The predicted molar refractivity (Wildman–Crippen MR) is 302 cm³/mol. The molecule has 11 atom stereocenters. The van der Waals surface area contributed by atoms with Crippen molar-refractivity contribution in [2.75, 3.05) is 0 Å². The summed E-state index contributed by atoms with van der Waals surface area (Å²) in [6.07, 6.45) is 24.7. The van der Waals surface area contributed by atoms with Crippen molar-refractivity contribution in [3.8, 4) is 0 Å². The van der Waals surface area contributed by atoms with Crippen molar-refractivity contribution < 1.29 is 5.11 Å². The topological polar surface area (TPSA) is 20.2 Å². The molecule has 1 nitrogen and oxygen atoms in total. The molecule has 0 amide bonds. The van der Waals surface area contributed by atoms with E-state index in [2.05, 4.69) is 164 Å². The highest BCUT2D eigenvalue weighted by molar-refractivity contribution is 7.99. The van der Waals surface area contributed by atoms with Crippen molar-refractivity contribution in [1.29, 1.82) is 0 Å². The van der Waals surface area contributed by atoms with Crippen molar-refractivity contribution in [2.24, 2.45) is 57.7 Å². The maximum absolute atomic E-state index is 11.8. The lowest BCUT2D eigenvalue weighted by Crippen LogP contribution is -2.51. The third-order valence-corrected chi connectivity index (χ3v) is 22.2. The van der Waals surface area contributed by atoms with Gasteiger partial charge in [0, 0.05) is 29.4 Å². The molecule has 1 N–H and O–H groups in total. The van der Waals surface area contributed by atoms with Crippen LogP contribution in [-0.2, 0) is 19.3 Å². The molecule has 71 heavy (non-hydrogen) atoms. The predicted octanol–water partition coefficient (Wildman–Crippen LogP) is 18.4. The summed E-state index contributed by atoms with van der Waals surface area (Å²) < 4.78 is 0. The van der Waals surface area contributed by atoms with Crippen LogP contribution in [0.1, 0.15) is 119 Å². The highest BCUT2D eigenvalue weighted by atomic mass is 32.2. The molecule has 0 aromatic heterocycles. The highest BCUT2D eigenvalue weighted by Gasteiger charge is 2.56. The van der Waals surface area contributed by atoms with Crippen LogP contribution in [0.5, 0.6) is 0 Å². The van der Waals surface area contributed by atoms with Gasteiger partial charge in [0.25, 0.3) is 0 Å². The smallest absolute Gasteiger partial charge is 0.108 e. The Morgan fingerprint density at radius 2 is 0.732 bits per heavy atom. The summed E-state index contributed by atoms with van der Waals surface area (Å²) in [5, 5.41) is 11.8. The third-order valence-electron chi connectivity index (χ3n) is 18.9. The largest absolute Gasteiger partial charge is 0.380 e. The van der Waals surface area contributed by atoms with Crippen LogP contribution in [-0.4, -0.2) is 10.0 Å². The maximum atomic E-state index is 11.8. The first kappa shape index (κ1) is 48.6. The molecule has 0 radical (unpaired) electrons. The summed E-state index contributed by atoms with van der Waals surface area (Å²) in [6, 6.07) is 61.5. The quantitative estimate of drug-likeness (QED) is 0.0837. The second-order valence-corrected chi connectivity index (χ2v) is 28.7. The van der Waals surface area contributed by atoms with Gasteiger partial charge >= 0.3 is 0 Å². The first-order valence-electron chi connectivity index (χ1n) is 27.5. The highest BCUT2D eigenvalue weighted by Crippen LogP contribution is 2.65. The normalized spacial score (nSPS) is 33.3. The van der Waals surface area contributed by atoms with E-state index in [9.17, 15) is 5.11 Å². The Morgan fingerprint density at radius 3 is 1.21 bits per heavy atom. The molecule has 6 fully saturated rings. The van der Waals surface area contributed by atoms with Gasteiger partial charge in [0.05, 0.1) is 0 Å². The number of benzene rings is 6. The first-order valence-corrected chi connectivity index (χ1v) is 30.4. The van der Waals surface area contributed by atoms with Gasteiger partial charge in [0.1, 0.15) is 4.93 Å². The van der Waals surface area contributed by atoms with Gasteiger partial charge in [0.2, 0.25) is 0 Å². The molecule has 12 rings (SSSR count). The lowest BCUT2D eigenvalue weighted by Gasteiger charge is -2.59. The fourth-order valence-electron chi connectivity index (χ4n) is 16.9. The van der Waals surface area contributed by atoms with Crippen molar-refractivity contribution >= 4 is 47.9 Å². The van der Waals surface area contributed by atoms with Crippen molar-refractivity contribution in [2.45, 2.75) is 156 Å². The SMILES string of the molecule is OC1(S)CC2CC(C3CC4CC(C5CC6CCCC(Cc7ccc(Sc8ccccc8)cc7)(C6)C5)CC(Cc5ccc(Sc6ccccc6)cc5)(C4)C3)CC(Cc3ccc(Sc4ccccc4)cc3)(C2)C1. The van der Waals surface area contributed by atoms with Gasteiger partial charge in [-0.15, -0.1) is 12.6 Å². The molecular weight excluding hydrogens is 937 g/mol. The van der Waals surface area contributed by atoms with E-state index >= 15 is 0 Å². The van der Waals surface area contributed by atoms with E-state index in [0.717, 1.165) is 54.8 Å². The van der Waals surface area contributed by atoms with Gasteiger partial charge in [-0.2, -0.15) is 0 Å². The Labute approximate surface area is 444 Å². The molecular formula is C66H74OS4. The van der Waals surface area contributed by atoms with Gasteiger partial charge in [-0.05, 0) is 256 Å². The molecule has 0 aliphatic heterocycles. The molecule has 0 heterocycles. The zero-order chi connectivity index (χ0) is 47.9. The van der Waals surface area contributed by atoms with Crippen LogP contribution in [0.4, 0.5) is 0 Å². The van der Waals surface area contributed by atoms with Crippen LogP contribution >= 0.6 is 47.9 Å². The standard InChI is InChI=1S/C66H74OS4/c67-66(68)41-52-34-56(45-65(40-52,46-66)37-49-22-28-62(29-23-49)71-59-16-8-3-9-17-59)55-33-51-32-54(43-64(39-51,44-55)36-48-20-26-61(27-21-48)70-58-14-6-2-7-15-58)53-31-50-11-10-30-63(38-50,42-53)35-47-18-24-60(25-19-47)69-57-12-4-1-5-13-57/h1-9,12-29,50-56,67-68H,10-11,30-46H2. The summed E-state index contributed by atoms with van der Waals surface area (Å²) >= 11 is 10.6. The van der Waals surface area contributed by atoms with Crippen LogP contribution in [0.25, 0.3) is 0 Å². The average Bonchev–Trinajstić information content (AvgIpc) is 3.35. The number of hydrogen-bond acceptors (Lipinski definition) is 5. The van der Waals surface area contributed by atoms with Gasteiger partial charge in [0.15, 0.2) is 0 Å². The van der Waals surface area contributed by atoms with Crippen LogP contribution in [0.15, 0.2) is 193 Å². The Kier molecular flexibility index (Phi) is 14.2. The van der Waals surface area contributed by atoms with Crippen molar-refractivity contribution in [3.63, 3.8) is 0 Å². The van der Waals surface area contributed by atoms with Gasteiger partial charge in [-0.25, -0.2) is 0 Å². The lowest BCUT2D eigenvalue weighted by molar-refractivity contribution is -0.0906. The van der Waals surface area contributed by atoms with E-state index in [1.54, 1.807) is 11.1 Å². The molecule has 6 aromatic carbocycles. The molecule has 6 bridgehead atoms. The second-order valence-electron chi connectivity index (χ2n) is 24.5. The molecule has 368 valence electrons. The Balaban J connectivity index is 0.791. The van der Waals surface area contributed by atoms with Crippen LogP contribution in [0.3, 0.4) is 0 Å². The first-order chi connectivity index (χ1) is 34.6. The maximum Gasteiger partial charge on any atom is 0.108 e. The number of hydrogen-bond donors (Lipinski definition) is 2. The number of fused-ring (bicyclic) bond motifs is 6. The fraction of sp³-hybridized carbons (Fsp3) is 0.455. The van der Waals surface area contributed by atoms with Gasteiger partial charge in [-0.1, -0.05) is 139 Å². The zero-order valence-corrected chi connectivity index (χ0v) is 45.0. The molecule has 6 aromatic rings. The average molecular weight is 1010 g/mol.